The Balaban J connectivity index is 1.62. The van der Waals surface area contributed by atoms with E-state index in [0.29, 0.717) is 37.4 Å². The average molecular weight is 404 g/mol. The lowest BCUT2D eigenvalue weighted by Crippen LogP contribution is -2.48. The van der Waals surface area contributed by atoms with Crippen LogP contribution in [0.15, 0.2) is 36.8 Å². The smallest absolute Gasteiger partial charge is 0.222 e. The van der Waals surface area contributed by atoms with E-state index in [9.17, 15) is 10.1 Å². The summed E-state index contributed by atoms with van der Waals surface area (Å²) >= 11 is 0. The Hall–Kier alpha value is -3.60. The van der Waals surface area contributed by atoms with Gasteiger partial charge in [0.05, 0.1) is 30.1 Å². The first-order valence-corrected chi connectivity index (χ1v) is 10.2. The summed E-state index contributed by atoms with van der Waals surface area (Å²) < 4.78 is 7.35. The maximum atomic E-state index is 11.9. The number of hydrogen-bond acceptors (Lipinski definition) is 6. The summed E-state index contributed by atoms with van der Waals surface area (Å²) in [4.78, 5) is 20.6. The minimum absolute atomic E-state index is 0.199. The molecule has 4 heterocycles. The highest BCUT2D eigenvalue weighted by Crippen LogP contribution is 2.31. The van der Waals surface area contributed by atoms with Crippen molar-refractivity contribution in [2.75, 3.05) is 37.7 Å². The molecule has 0 radical (unpaired) electrons. The number of pyridine rings is 2. The van der Waals surface area contributed by atoms with Gasteiger partial charge in [0, 0.05) is 49.9 Å². The summed E-state index contributed by atoms with van der Waals surface area (Å²) in [5.41, 5.74) is 2.99. The zero-order chi connectivity index (χ0) is 21.1. The molecule has 0 unspecified atom stereocenters. The van der Waals surface area contributed by atoms with Crippen molar-refractivity contribution in [3.05, 3.63) is 42.4 Å². The summed E-state index contributed by atoms with van der Waals surface area (Å²) in [6.07, 6.45) is 5.70. The number of carbonyl (C=O) groups excluding carboxylic acids is 1. The van der Waals surface area contributed by atoms with Crippen LogP contribution in [0, 0.1) is 11.3 Å². The third-order valence-electron chi connectivity index (χ3n) is 5.34. The molecule has 0 atom stereocenters. The van der Waals surface area contributed by atoms with E-state index in [1.807, 2.05) is 43.1 Å². The quantitative estimate of drug-likeness (QED) is 0.650. The highest BCUT2D eigenvalue weighted by molar-refractivity contribution is 5.85. The van der Waals surface area contributed by atoms with E-state index < -0.39 is 0 Å². The van der Waals surface area contributed by atoms with Crippen LogP contribution in [0.5, 0.6) is 5.75 Å². The number of anilines is 1. The van der Waals surface area contributed by atoms with Crippen LogP contribution in [-0.4, -0.2) is 58.2 Å². The molecule has 8 nitrogen and oxygen atoms in total. The summed E-state index contributed by atoms with van der Waals surface area (Å²) in [5, 5.41) is 13.8. The number of aromatic nitrogens is 3. The lowest BCUT2D eigenvalue weighted by Gasteiger charge is -2.35. The Morgan fingerprint density at radius 1 is 1.20 bits per heavy atom. The molecule has 154 valence electrons. The van der Waals surface area contributed by atoms with Crippen molar-refractivity contribution >= 4 is 17.2 Å². The molecule has 0 N–H and O–H groups in total. The molecule has 1 saturated heterocycles. The van der Waals surface area contributed by atoms with Crippen molar-refractivity contribution in [3.8, 4) is 22.9 Å². The second-order valence-corrected chi connectivity index (χ2v) is 7.11. The van der Waals surface area contributed by atoms with Crippen LogP contribution >= 0.6 is 0 Å². The van der Waals surface area contributed by atoms with Gasteiger partial charge in [0.1, 0.15) is 17.6 Å². The molecule has 4 rings (SSSR count). The largest absolute Gasteiger partial charge is 0.492 e. The zero-order valence-electron chi connectivity index (χ0n) is 17.2. The fraction of sp³-hybridized carbons (Fsp3) is 0.364. The van der Waals surface area contributed by atoms with E-state index in [4.69, 9.17) is 4.74 Å². The number of piperazine rings is 1. The van der Waals surface area contributed by atoms with E-state index >= 15 is 0 Å². The number of nitriles is 1. The number of amides is 1. The van der Waals surface area contributed by atoms with Gasteiger partial charge in [-0.2, -0.15) is 10.4 Å². The number of hydrogen-bond donors (Lipinski definition) is 0. The fourth-order valence-electron chi connectivity index (χ4n) is 3.79. The van der Waals surface area contributed by atoms with E-state index in [2.05, 4.69) is 21.1 Å². The third kappa shape index (κ3) is 3.66. The van der Waals surface area contributed by atoms with Crippen LogP contribution in [0.1, 0.15) is 25.8 Å². The fourth-order valence-corrected chi connectivity index (χ4v) is 3.79. The summed E-state index contributed by atoms with van der Waals surface area (Å²) in [5.74, 6) is 1.77. The first-order chi connectivity index (χ1) is 14.6. The van der Waals surface area contributed by atoms with Gasteiger partial charge < -0.3 is 14.5 Å². The SMILES string of the molecule is CCOc1cc(-c2ccc(N3CCN(C(=O)CC)CC3)nc2)c2c(C#N)cnn2c1. The third-order valence-corrected chi connectivity index (χ3v) is 5.34. The lowest BCUT2D eigenvalue weighted by molar-refractivity contribution is -0.131. The van der Waals surface area contributed by atoms with Crippen molar-refractivity contribution < 1.29 is 9.53 Å². The van der Waals surface area contributed by atoms with Crippen molar-refractivity contribution in [1.29, 1.82) is 5.26 Å². The number of carbonyl (C=O) groups is 1. The molecule has 3 aromatic heterocycles. The van der Waals surface area contributed by atoms with Crippen LogP contribution in [0.3, 0.4) is 0 Å². The van der Waals surface area contributed by atoms with Crippen molar-refractivity contribution in [2.24, 2.45) is 0 Å². The molecule has 0 saturated carbocycles. The predicted molar refractivity (Wildman–Crippen MR) is 113 cm³/mol. The van der Waals surface area contributed by atoms with E-state index in [1.54, 1.807) is 16.9 Å². The van der Waals surface area contributed by atoms with Crippen LogP contribution in [0.25, 0.3) is 16.6 Å². The van der Waals surface area contributed by atoms with Gasteiger partial charge in [-0.3, -0.25) is 4.79 Å². The molecule has 8 heteroatoms. The van der Waals surface area contributed by atoms with E-state index in [1.165, 1.54) is 0 Å². The van der Waals surface area contributed by atoms with Crippen LogP contribution in [0.2, 0.25) is 0 Å². The van der Waals surface area contributed by atoms with Gasteiger partial charge in [-0.15, -0.1) is 0 Å². The molecule has 1 aliphatic heterocycles. The number of ether oxygens (including phenoxy) is 1. The van der Waals surface area contributed by atoms with Gasteiger partial charge in [-0.1, -0.05) is 6.92 Å². The molecule has 0 bridgehead atoms. The molecule has 1 amide bonds. The molecule has 0 aromatic carbocycles. The molecule has 0 spiro atoms. The van der Waals surface area contributed by atoms with Crippen LogP contribution in [-0.2, 0) is 4.79 Å². The van der Waals surface area contributed by atoms with Gasteiger partial charge in [-0.05, 0) is 25.1 Å². The highest BCUT2D eigenvalue weighted by atomic mass is 16.5. The van der Waals surface area contributed by atoms with E-state index in [0.717, 1.165) is 35.6 Å². The Labute approximate surface area is 175 Å². The van der Waals surface area contributed by atoms with Gasteiger partial charge in [0.15, 0.2) is 0 Å². The van der Waals surface area contributed by atoms with Gasteiger partial charge in [-0.25, -0.2) is 9.50 Å². The average Bonchev–Trinajstić information content (AvgIpc) is 3.21. The molecule has 3 aromatic rings. The monoisotopic (exact) mass is 404 g/mol. The topological polar surface area (TPSA) is 86.8 Å². The molecular weight excluding hydrogens is 380 g/mol. The zero-order valence-corrected chi connectivity index (χ0v) is 17.2. The van der Waals surface area contributed by atoms with Crippen molar-refractivity contribution in [1.82, 2.24) is 19.5 Å². The molecular formula is C22H24N6O2. The Morgan fingerprint density at radius 2 is 2.00 bits per heavy atom. The first kappa shape index (κ1) is 19.7. The normalized spacial score (nSPS) is 14.0. The van der Waals surface area contributed by atoms with Gasteiger partial charge in [0.2, 0.25) is 5.91 Å². The molecule has 1 aliphatic rings. The lowest BCUT2D eigenvalue weighted by atomic mass is 10.1. The number of nitrogens with zero attached hydrogens (tertiary/aromatic N) is 6. The van der Waals surface area contributed by atoms with Gasteiger partial charge in [0.25, 0.3) is 0 Å². The van der Waals surface area contributed by atoms with Crippen LogP contribution in [0.4, 0.5) is 5.82 Å². The summed E-state index contributed by atoms with van der Waals surface area (Å²) in [6, 6.07) is 8.12. The minimum Gasteiger partial charge on any atom is -0.492 e. The summed E-state index contributed by atoms with van der Waals surface area (Å²) in [6.45, 7) is 7.33. The predicted octanol–water partition coefficient (Wildman–Crippen LogP) is 2.73. The number of fused-ring (bicyclic) bond motifs is 1. The maximum absolute atomic E-state index is 11.9. The Kier molecular flexibility index (Phi) is 5.53. The van der Waals surface area contributed by atoms with Crippen molar-refractivity contribution in [2.45, 2.75) is 20.3 Å². The number of rotatable bonds is 5. The molecule has 0 aliphatic carbocycles. The van der Waals surface area contributed by atoms with Crippen molar-refractivity contribution in [3.63, 3.8) is 0 Å². The van der Waals surface area contributed by atoms with Crippen LogP contribution < -0.4 is 9.64 Å². The van der Waals surface area contributed by atoms with E-state index in [-0.39, 0.29) is 5.91 Å². The molecule has 1 fully saturated rings. The standard InChI is InChI=1S/C22H24N6O2/c1-3-21(29)27-9-7-26(8-10-27)20-6-5-16(13-24-20)19-11-18(30-4-2)15-28-22(19)17(12-23)14-25-28/h5-6,11,13-15H,3-4,7-10H2,1-2H3. The Bertz CT molecular complexity index is 1090. The Morgan fingerprint density at radius 3 is 2.63 bits per heavy atom. The maximum Gasteiger partial charge on any atom is 0.222 e. The van der Waals surface area contributed by atoms with Gasteiger partial charge >= 0.3 is 0 Å². The minimum atomic E-state index is 0.199. The highest BCUT2D eigenvalue weighted by Gasteiger charge is 2.21. The molecule has 30 heavy (non-hydrogen) atoms. The second-order valence-electron chi connectivity index (χ2n) is 7.11. The first-order valence-electron chi connectivity index (χ1n) is 10.2. The summed E-state index contributed by atoms with van der Waals surface area (Å²) in [7, 11) is 0. The second kappa shape index (κ2) is 8.41.